The average Bonchev–Trinajstić information content (AvgIpc) is 3.12. The van der Waals surface area contributed by atoms with Gasteiger partial charge in [-0.1, -0.05) is 114 Å². The SMILES string of the molecule is CCCCC/C=C/C/C=C/C/C=C/CCCCC(=O)OC[C@H](COP(=O)(O)OC[C@@H](O)CO)OC(=O)CCCCCCC/C=C/CCCCCC. The zero-order valence-corrected chi connectivity index (χ0v) is 32.7. The summed E-state index contributed by atoms with van der Waals surface area (Å²) in [6, 6.07) is 0. The van der Waals surface area contributed by atoms with Gasteiger partial charge in [0.25, 0.3) is 0 Å². The zero-order valence-electron chi connectivity index (χ0n) is 31.8. The Kier molecular flexibility index (Phi) is 34.8. The van der Waals surface area contributed by atoms with Gasteiger partial charge >= 0.3 is 19.8 Å². The molecule has 0 heterocycles. The Morgan fingerprint density at radius 2 is 1.02 bits per heavy atom. The highest BCUT2D eigenvalue weighted by Gasteiger charge is 2.27. The molecule has 0 saturated heterocycles. The molecule has 0 spiro atoms. The molecule has 3 atom stereocenters. The molecule has 0 aromatic carbocycles. The summed E-state index contributed by atoms with van der Waals surface area (Å²) in [5.41, 5.74) is 0. The number of allylic oxidation sites excluding steroid dienone is 8. The van der Waals surface area contributed by atoms with Crippen molar-refractivity contribution in [2.45, 2.75) is 167 Å². The first-order chi connectivity index (χ1) is 24.7. The summed E-state index contributed by atoms with van der Waals surface area (Å²) in [4.78, 5) is 34.8. The maximum absolute atomic E-state index is 12.5. The topological polar surface area (TPSA) is 149 Å². The first-order valence-electron chi connectivity index (χ1n) is 19.6. The lowest BCUT2D eigenvalue weighted by Gasteiger charge is -2.20. The maximum atomic E-state index is 12.5. The van der Waals surface area contributed by atoms with E-state index in [4.69, 9.17) is 19.1 Å². The van der Waals surface area contributed by atoms with E-state index in [1.165, 1.54) is 44.9 Å². The molecule has 0 aliphatic carbocycles. The van der Waals surface area contributed by atoms with Crippen LogP contribution >= 0.6 is 7.82 Å². The highest BCUT2D eigenvalue weighted by atomic mass is 31.2. The fourth-order valence-corrected chi connectivity index (χ4v) is 5.66. The van der Waals surface area contributed by atoms with Gasteiger partial charge in [-0.15, -0.1) is 0 Å². The van der Waals surface area contributed by atoms with E-state index in [0.29, 0.717) is 12.8 Å². The molecule has 0 aliphatic heterocycles. The van der Waals surface area contributed by atoms with Crippen molar-refractivity contribution in [2.24, 2.45) is 0 Å². The third kappa shape index (κ3) is 36.1. The van der Waals surface area contributed by atoms with Crippen LogP contribution < -0.4 is 0 Å². The van der Waals surface area contributed by atoms with Crippen LogP contribution in [0, 0.1) is 0 Å². The van der Waals surface area contributed by atoms with Crippen molar-refractivity contribution in [1.29, 1.82) is 0 Å². The predicted molar refractivity (Wildman–Crippen MR) is 205 cm³/mol. The minimum absolute atomic E-state index is 0.164. The maximum Gasteiger partial charge on any atom is 0.472 e. The number of ether oxygens (including phenoxy) is 2. The molecule has 1 unspecified atom stereocenters. The third-order valence-electron chi connectivity index (χ3n) is 7.96. The summed E-state index contributed by atoms with van der Waals surface area (Å²) in [5.74, 6) is -0.984. The largest absolute Gasteiger partial charge is 0.472 e. The number of phosphoric acid groups is 1. The van der Waals surface area contributed by atoms with Crippen molar-refractivity contribution in [3.05, 3.63) is 48.6 Å². The normalized spacial score (nSPS) is 14.5. The van der Waals surface area contributed by atoms with Gasteiger partial charge in [0.05, 0.1) is 19.8 Å². The van der Waals surface area contributed by atoms with Crippen molar-refractivity contribution < 1.29 is 47.8 Å². The highest BCUT2D eigenvalue weighted by Crippen LogP contribution is 2.43. The second-order valence-electron chi connectivity index (χ2n) is 12.9. The van der Waals surface area contributed by atoms with E-state index in [9.17, 15) is 24.2 Å². The molecular weight excluding hydrogens is 671 g/mol. The standard InChI is InChI=1S/C40H71O10P/c1-3-5-7-9-11-13-15-17-18-20-21-23-25-27-29-31-39(43)47-35-38(36-49-51(45,46)48-34-37(42)33-41)50-40(44)32-30-28-26-24-22-19-16-14-12-10-8-6-4-2/h11,13-14,16-18,21,23,37-38,41-42H,3-10,12,15,19-20,22,24-36H2,1-2H3,(H,45,46)/b13-11+,16-14+,18-17+,23-21+/t37-,38+/m0/s1. The second-order valence-corrected chi connectivity index (χ2v) is 14.4. The molecule has 0 fully saturated rings. The molecule has 51 heavy (non-hydrogen) atoms. The van der Waals surface area contributed by atoms with Gasteiger partial charge in [-0.05, 0) is 77.0 Å². The molecule has 296 valence electrons. The number of aliphatic hydroxyl groups is 2. The van der Waals surface area contributed by atoms with E-state index in [1.807, 2.05) is 0 Å². The molecule has 0 amide bonds. The van der Waals surface area contributed by atoms with Gasteiger partial charge in [0.2, 0.25) is 0 Å². The Morgan fingerprint density at radius 1 is 0.588 bits per heavy atom. The van der Waals surface area contributed by atoms with Crippen molar-refractivity contribution in [3.63, 3.8) is 0 Å². The molecule has 3 N–H and O–H groups in total. The van der Waals surface area contributed by atoms with Crippen LogP contribution in [-0.4, -0.2) is 65.7 Å². The van der Waals surface area contributed by atoms with Gasteiger partial charge in [-0.2, -0.15) is 0 Å². The van der Waals surface area contributed by atoms with Crippen molar-refractivity contribution in [2.75, 3.05) is 26.4 Å². The Bertz CT molecular complexity index is 994. The van der Waals surface area contributed by atoms with Crippen LogP contribution in [0.1, 0.15) is 155 Å². The zero-order chi connectivity index (χ0) is 37.7. The van der Waals surface area contributed by atoms with Crippen LogP contribution in [0.15, 0.2) is 48.6 Å². The second kappa shape index (κ2) is 36.3. The Labute approximate surface area is 309 Å². The van der Waals surface area contributed by atoms with Crippen molar-refractivity contribution in [3.8, 4) is 0 Å². The van der Waals surface area contributed by atoms with Crippen molar-refractivity contribution in [1.82, 2.24) is 0 Å². The summed E-state index contributed by atoms with van der Waals surface area (Å²) in [6.07, 6.45) is 36.5. The molecule has 0 aromatic heterocycles. The van der Waals surface area contributed by atoms with Crippen molar-refractivity contribution >= 4 is 19.8 Å². The van der Waals surface area contributed by atoms with Crippen LogP contribution in [0.25, 0.3) is 0 Å². The predicted octanol–water partition coefficient (Wildman–Crippen LogP) is 9.78. The monoisotopic (exact) mass is 742 g/mol. The molecule has 10 nitrogen and oxygen atoms in total. The summed E-state index contributed by atoms with van der Waals surface area (Å²) >= 11 is 0. The van der Waals surface area contributed by atoms with E-state index < -0.39 is 51.8 Å². The minimum Gasteiger partial charge on any atom is -0.462 e. The quantitative estimate of drug-likeness (QED) is 0.0245. The lowest BCUT2D eigenvalue weighted by Crippen LogP contribution is -2.29. The fourth-order valence-electron chi connectivity index (χ4n) is 4.87. The molecule has 0 radical (unpaired) electrons. The van der Waals surface area contributed by atoms with Gasteiger partial charge in [0.15, 0.2) is 6.10 Å². The van der Waals surface area contributed by atoms with Gasteiger partial charge in [-0.3, -0.25) is 18.6 Å². The van der Waals surface area contributed by atoms with E-state index in [-0.39, 0.29) is 19.4 Å². The van der Waals surface area contributed by atoms with Gasteiger partial charge in [0, 0.05) is 12.8 Å². The summed E-state index contributed by atoms with van der Waals surface area (Å²) < 4.78 is 32.5. The third-order valence-corrected chi connectivity index (χ3v) is 8.91. The Hall–Kier alpha value is -2.07. The van der Waals surface area contributed by atoms with Crippen LogP contribution in [0.3, 0.4) is 0 Å². The Balaban J connectivity index is 4.45. The number of hydrogen-bond donors (Lipinski definition) is 3. The molecule has 0 bridgehead atoms. The number of rotatable bonds is 36. The van der Waals surface area contributed by atoms with Gasteiger partial charge in [0.1, 0.15) is 12.7 Å². The number of hydrogen-bond acceptors (Lipinski definition) is 9. The minimum atomic E-state index is -4.62. The lowest BCUT2D eigenvalue weighted by atomic mass is 10.1. The molecule has 0 aliphatic rings. The smallest absolute Gasteiger partial charge is 0.462 e. The molecule has 11 heteroatoms. The Morgan fingerprint density at radius 3 is 1.63 bits per heavy atom. The van der Waals surface area contributed by atoms with E-state index >= 15 is 0 Å². The van der Waals surface area contributed by atoms with E-state index in [1.54, 1.807) is 0 Å². The number of aliphatic hydroxyl groups excluding tert-OH is 2. The van der Waals surface area contributed by atoms with E-state index in [2.05, 4.69) is 67.0 Å². The van der Waals surface area contributed by atoms with Crippen LogP contribution in [-0.2, 0) is 32.7 Å². The number of carbonyl (C=O) groups is 2. The fraction of sp³-hybridized carbons (Fsp3) is 0.750. The first kappa shape index (κ1) is 48.9. The number of unbranched alkanes of at least 4 members (excludes halogenated alkanes) is 14. The number of carbonyl (C=O) groups excluding carboxylic acids is 2. The summed E-state index contributed by atoms with van der Waals surface area (Å²) in [5, 5.41) is 18.3. The lowest BCUT2D eigenvalue weighted by molar-refractivity contribution is -0.161. The molecule has 0 rings (SSSR count). The molecule has 0 aromatic rings. The highest BCUT2D eigenvalue weighted by molar-refractivity contribution is 7.47. The average molecular weight is 743 g/mol. The van der Waals surface area contributed by atoms with Gasteiger partial charge in [-0.25, -0.2) is 4.57 Å². The van der Waals surface area contributed by atoms with Gasteiger partial charge < -0.3 is 24.6 Å². The summed E-state index contributed by atoms with van der Waals surface area (Å²) in [6.45, 7) is 2.26. The first-order valence-corrected chi connectivity index (χ1v) is 21.1. The van der Waals surface area contributed by atoms with Crippen LogP contribution in [0.5, 0.6) is 0 Å². The van der Waals surface area contributed by atoms with Crippen LogP contribution in [0.4, 0.5) is 0 Å². The number of phosphoric ester groups is 1. The molecular formula is C40H71O10P. The van der Waals surface area contributed by atoms with E-state index in [0.717, 1.165) is 70.6 Å². The van der Waals surface area contributed by atoms with Crippen LogP contribution in [0.2, 0.25) is 0 Å². The molecule has 0 saturated carbocycles. The summed E-state index contributed by atoms with van der Waals surface area (Å²) in [7, 11) is -4.62. The number of esters is 2.